The zero-order valence-corrected chi connectivity index (χ0v) is 24.1. The first-order valence-corrected chi connectivity index (χ1v) is 15.3. The summed E-state index contributed by atoms with van der Waals surface area (Å²) < 4.78 is 14.1. The van der Waals surface area contributed by atoms with Crippen molar-refractivity contribution in [3.63, 3.8) is 0 Å². The fraction of sp³-hybridized carbons (Fsp3) is 0.486. The molecular weight excluding hydrogens is 501 g/mol. The lowest BCUT2D eigenvalue weighted by molar-refractivity contribution is -0.129. The van der Waals surface area contributed by atoms with E-state index in [0.717, 1.165) is 24.8 Å². The Morgan fingerprint density at radius 2 is 1.40 bits per heavy atom. The maximum Gasteiger partial charge on any atom is 0.290 e. The van der Waals surface area contributed by atoms with Gasteiger partial charge in [-0.1, -0.05) is 139 Å². The van der Waals surface area contributed by atoms with Gasteiger partial charge in [-0.15, -0.1) is 0 Å². The smallest absolute Gasteiger partial charge is 0.290 e. The Balaban J connectivity index is 1.49. The van der Waals surface area contributed by atoms with Crippen LogP contribution in [0, 0.1) is 5.82 Å². The summed E-state index contributed by atoms with van der Waals surface area (Å²) >= 11 is 0. The number of carbonyl (C=O) groups is 2. The summed E-state index contributed by atoms with van der Waals surface area (Å²) in [7, 11) is 0. The number of aliphatic hydroxyl groups excluding tert-OH is 1. The average Bonchev–Trinajstić information content (AvgIpc) is 3.22. The predicted octanol–water partition coefficient (Wildman–Crippen LogP) is 9.28. The van der Waals surface area contributed by atoms with Gasteiger partial charge in [0.25, 0.3) is 5.91 Å². The summed E-state index contributed by atoms with van der Waals surface area (Å²) in [4.78, 5) is 27.8. The van der Waals surface area contributed by atoms with Gasteiger partial charge in [-0.3, -0.25) is 9.59 Å². The Labute approximate surface area is 240 Å². The minimum absolute atomic E-state index is 0.00754. The van der Waals surface area contributed by atoms with Gasteiger partial charge in [-0.2, -0.15) is 0 Å². The number of hydrogen-bond donors (Lipinski definition) is 1. The number of allylic oxidation sites excluding steroid dienone is 1. The molecule has 216 valence electrons. The summed E-state index contributed by atoms with van der Waals surface area (Å²) in [5, 5.41) is 10.8. The molecule has 0 aliphatic carbocycles. The van der Waals surface area contributed by atoms with Crippen LogP contribution < -0.4 is 0 Å². The number of aliphatic hydroxyl groups is 1. The number of halogens is 1. The second kappa shape index (κ2) is 17.5. The number of ketones is 1. The number of unbranched alkanes of at least 4 members (excludes halogenated alkanes) is 13. The van der Waals surface area contributed by atoms with Crippen LogP contribution in [-0.4, -0.2) is 28.2 Å². The summed E-state index contributed by atoms with van der Waals surface area (Å²) in [6.45, 7) is 2.66. The minimum Gasteiger partial charge on any atom is -0.503 e. The molecule has 1 N–H and O–H groups in total. The number of amides is 1. The number of benzene rings is 2. The SMILES string of the molecule is CCCCCCCCCCCCCCCCN1C(=O)C(O)=C(C(=O)/C=C/c2ccccc2)[C@H]1c1cccc(F)c1. The third-order valence-electron chi connectivity index (χ3n) is 7.71. The van der Waals surface area contributed by atoms with Gasteiger partial charge in [-0.25, -0.2) is 4.39 Å². The highest BCUT2D eigenvalue weighted by atomic mass is 19.1. The summed E-state index contributed by atoms with van der Waals surface area (Å²) in [5.41, 5.74) is 1.33. The normalized spacial score (nSPS) is 15.5. The van der Waals surface area contributed by atoms with Crippen LogP contribution in [0.4, 0.5) is 4.39 Å². The van der Waals surface area contributed by atoms with Gasteiger partial charge < -0.3 is 10.0 Å². The molecule has 5 heteroatoms. The van der Waals surface area contributed by atoms with E-state index in [2.05, 4.69) is 6.92 Å². The predicted molar refractivity (Wildman–Crippen MR) is 161 cm³/mol. The molecular formula is C35H46FNO3. The van der Waals surface area contributed by atoms with Crippen LogP contribution in [0.5, 0.6) is 0 Å². The van der Waals surface area contributed by atoms with Crippen molar-refractivity contribution in [2.45, 2.75) is 103 Å². The molecule has 0 spiro atoms. The Morgan fingerprint density at radius 1 is 0.825 bits per heavy atom. The summed E-state index contributed by atoms with van der Waals surface area (Å²) in [6.07, 6.45) is 20.3. The van der Waals surface area contributed by atoms with E-state index in [1.54, 1.807) is 18.2 Å². The van der Waals surface area contributed by atoms with Gasteiger partial charge in [0.1, 0.15) is 5.82 Å². The maximum absolute atomic E-state index is 14.1. The highest BCUT2D eigenvalue weighted by Gasteiger charge is 2.42. The monoisotopic (exact) mass is 547 g/mol. The molecule has 1 atom stereocenters. The Morgan fingerprint density at radius 3 is 1.98 bits per heavy atom. The fourth-order valence-electron chi connectivity index (χ4n) is 5.46. The molecule has 1 heterocycles. The van der Waals surface area contributed by atoms with Crippen molar-refractivity contribution < 1.29 is 19.1 Å². The molecule has 0 saturated carbocycles. The van der Waals surface area contributed by atoms with Crippen LogP contribution >= 0.6 is 0 Å². The van der Waals surface area contributed by atoms with E-state index in [1.165, 1.54) is 93.7 Å². The zero-order chi connectivity index (χ0) is 28.6. The number of carbonyl (C=O) groups excluding carboxylic acids is 2. The molecule has 0 aromatic heterocycles. The van der Waals surface area contributed by atoms with Gasteiger partial charge in [0.2, 0.25) is 0 Å². The van der Waals surface area contributed by atoms with Crippen LogP contribution in [0.2, 0.25) is 0 Å². The Bertz CT molecular complexity index is 1120. The quantitative estimate of drug-likeness (QED) is 0.141. The van der Waals surface area contributed by atoms with E-state index < -0.39 is 29.3 Å². The molecule has 2 aromatic carbocycles. The molecule has 0 radical (unpaired) electrons. The fourth-order valence-corrected chi connectivity index (χ4v) is 5.46. The number of hydrogen-bond acceptors (Lipinski definition) is 3. The van der Waals surface area contributed by atoms with Gasteiger partial charge in [0.15, 0.2) is 11.5 Å². The first kappa shape index (κ1) is 31.3. The second-order valence-electron chi connectivity index (χ2n) is 10.9. The standard InChI is InChI=1S/C35H46FNO3/c1-2-3-4-5-6-7-8-9-10-11-12-13-14-18-26-37-33(29-22-19-23-30(36)27-29)32(34(39)35(37)40)31(38)25-24-28-20-16-15-17-21-28/h15-17,19-25,27,33,39H,2-14,18,26H2,1H3/b25-24+/t33-/m1/s1. The molecule has 0 fully saturated rings. The van der Waals surface area contributed by atoms with Gasteiger partial charge in [0, 0.05) is 6.54 Å². The van der Waals surface area contributed by atoms with Crippen LogP contribution in [0.25, 0.3) is 6.08 Å². The van der Waals surface area contributed by atoms with Crippen LogP contribution in [0.1, 0.15) is 114 Å². The number of nitrogens with zero attached hydrogens (tertiary/aromatic N) is 1. The molecule has 40 heavy (non-hydrogen) atoms. The first-order valence-electron chi connectivity index (χ1n) is 15.3. The van der Waals surface area contributed by atoms with E-state index in [-0.39, 0.29) is 5.57 Å². The Hall–Kier alpha value is -3.21. The van der Waals surface area contributed by atoms with E-state index in [4.69, 9.17) is 0 Å². The van der Waals surface area contributed by atoms with Gasteiger partial charge in [0.05, 0.1) is 11.6 Å². The van der Waals surface area contributed by atoms with Gasteiger partial charge >= 0.3 is 0 Å². The molecule has 0 saturated heterocycles. The van der Waals surface area contributed by atoms with Crippen LogP contribution in [0.15, 0.2) is 72.0 Å². The lowest BCUT2D eigenvalue weighted by Gasteiger charge is -2.26. The molecule has 2 aromatic rings. The highest BCUT2D eigenvalue weighted by molar-refractivity contribution is 6.14. The highest BCUT2D eigenvalue weighted by Crippen LogP contribution is 2.38. The van der Waals surface area contributed by atoms with Crippen molar-refractivity contribution in [3.8, 4) is 0 Å². The molecule has 0 bridgehead atoms. The van der Waals surface area contributed by atoms with E-state index in [9.17, 15) is 19.1 Å². The topological polar surface area (TPSA) is 57.6 Å². The van der Waals surface area contributed by atoms with Crippen LogP contribution in [-0.2, 0) is 9.59 Å². The van der Waals surface area contributed by atoms with Crippen molar-refractivity contribution in [2.75, 3.05) is 6.54 Å². The minimum atomic E-state index is -0.807. The third kappa shape index (κ3) is 9.76. The second-order valence-corrected chi connectivity index (χ2v) is 10.9. The molecule has 1 aliphatic rings. The van der Waals surface area contributed by atoms with Gasteiger partial charge in [-0.05, 0) is 35.8 Å². The van der Waals surface area contributed by atoms with E-state index in [1.807, 2.05) is 30.3 Å². The lowest BCUT2D eigenvalue weighted by Crippen LogP contribution is -2.32. The Kier molecular flexibility index (Phi) is 13.7. The maximum atomic E-state index is 14.1. The molecule has 0 unspecified atom stereocenters. The van der Waals surface area contributed by atoms with Crippen LogP contribution in [0.3, 0.4) is 0 Å². The first-order chi connectivity index (χ1) is 19.5. The van der Waals surface area contributed by atoms with E-state index >= 15 is 0 Å². The molecule has 3 rings (SSSR count). The third-order valence-corrected chi connectivity index (χ3v) is 7.71. The van der Waals surface area contributed by atoms with E-state index in [0.29, 0.717) is 12.1 Å². The largest absolute Gasteiger partial charge is 0.503 e. The zero-order valence-electron chi connectivity index (χ0n) is 24.1. The molecule has 1 amide bonds. The molecule has 4 nitrogen and oxygen atoms in total. The van der Waals surface area contributed by atoms with Crippen molar-refractivity contribution in [1.82, 2.24) is 4.90 Å². The lowest BCUT2D eigenvalue weighted by atomic mass is 9.95. The average molecular weight is 548 g/mol. The molecule has 1 aliphatic heterocycles. The van der Waals surface area contributed by atoms with Crippen molar-refractivity contribution >= 4 is 17.8 Å². The van der Waals surface area contributed by atoms with Crippen molar-refractivity contribution in [1.29, 1.82) is 0 Å². The summed E-state index contributed by atoms with van der Waals surface area (Å²) in [6, 6.07) is 14.5. The number of rotatable bonds is 19. The van der Waals surface area contributed by atoms with Crippen molar-refractivity contribution in [2.24, 2.45) is 0 Å². The summed E-state index contributed by atoms with van der Waals surface area (Å²) in [5.74, 6) is -2.01. The van der Waals surface area contributed by atoms with Crippen molar-refractivity contribution in [3.05, 3.63) is 88.9 Å².